The molecule has 0 saturated carbocycles. The number of sulfonamides is 1. The molecule has 0 aliphatic heterocycles. The van der Waals surface area contributed by atoms with E-state index in [1.165, 1.54) is 0 Å². The Morgan fingerprint density at radius 3 is 2.63 bits per heavy atom. The number of benzene rings is 1. The standard InChI is InChI=1S/C12H13F2NO3S/c13-12(14)19(17,18)15-9-11-7-2-1-5-10(11)6-3-4-8-16/h1-2,5,7,12,15-16H,4,8-9H2. The van der Waals surface area contributed by atoms with Crippen LogP contribution >= 0.6 is 0 Å². The van der Waals surface area contributed by atoms with Crippen LogP contribution in [0.25, 0.3) is 0 Å². The summed E-state index contributed by atoms with van der Waals surface area (Å²) in [6, 6.07) is 6.60. The second-order valence-corrected chi connectivity index (χ2v) is 5.29. The van der Waals surface area contributed by atoms with Gasteiger partial charge in [0, 0.05) is 18.5 Å². The van der Waals surface area contributed by atoms with E-state index in [0.29, 0.717) is 11.1 Å². The van der Waals surface area contributed by atoms with E-state index in [4.69, 9.17) is 5.11 Å². The molecule has 1 aromatic rings. The van der Waals surface area contributed by atoms with Crippen LogP contribution in [0.2, 0.25) is 0 Å². The van der Waals surface area contributed by atoms with E-state index >= 15 is 0 Å². The van der Waals surface area contributed by atoms with Crippen LogP contribution in [0.15, 0.2) is 24.3 Å². The predicted molar refractivity (Wildman–Crippen MR) is 66.8 cm³/mol. The lowest BCUT2D eigenvalue weighted by atomic mass is 10.1. The number of nitrogens with one attached hydrogen (secondary N) is 1. The van der Waals surface area contributed by atoms with Crippen molar-refractivity contribution in [3.63, 3.8) is 0 Å². The molecule has 0 heterocycles. The van der Waals surface area contributed by atoms with E-state index in [-0.39, 0.29) is 19.6 Å². The minimum Gasteiger partial charge on any atom is -0.395 e. The largest absolute Gasteiger partial charge is 0.395 e. The van der Waals surface area contributed by atoms with Gasteiger partial charge in [0.25, 0.3) is 10.0 Å². The number of hydrogen-bond acceptors (Lipinski definition) is 3. The first kappa shape index (κ1) is 15.6. The number of rotatable bonds is 5. The number of halogens is 2. The Hall–Kier alpha value is -1.49. The minimum atomic E-state index is -4.61. The summed E-state index contributed by atoms with van der Waals surface area (Å²) in [5, 5.41) is 8.61. The maximum atomic E-state index is 12.2. The van der Waals surface area contributed by atoms with Crippen LogP contribution in [-0.4, -0.2) is 25.9 Å². The van der Waals surface area contributed by atoms with Crippen LogP contribution in [0.4, 0.5) is 8.78 Å². The van der Waals surface area contributed by atoms with Gasteiger partial charge in [-0.15, -0.1) is 0 Å². The third kappa shape index (κ3) is 4.95. The van der Waals surface area contributed by atoms with Gasteiger partial charge in [-0.1, -0.05) is 30.0 Å². The topological polar surface area (TPSA) is 66.4 Å². The molecule has 4 nitrogen and oxygen atoms in total. The first-order valence-corrected chi connectivity index (χ1v) is 6.96. The first-order valence-electron chi connectivity index (χ1n) is 5.41. The molecule has 0 aliphatic rings. The number of hydrogen-bond donors (Lipinski definition) is 2. The third-order valence-electron chi connectivity index (χ3n) is 2.18. The quantitative estimate of drug-likeness (QED) is 0.797. The molecular weight excluding hydrogens is 276 g/mol. The SMILES string of the molecule is O=S(=O)(NCc1ccccc1C#CCCO)C(F)F. The highest BCUT2D eigenvalue weighted by molar-refractivity contribution is 7.89. The van der Waals surface area contributed by atoms with Gasteiger partial charge in [-0.25, -0.2) is 13.1 Å². The van der Waals surface area contributed by atoms with Gasteiger partial charge in [-0.2, -0.15) is 8.78 Å². The molecule has 0 spiro atoms. The second-order valence-electron chi connectivity index (χ2n) is 3.56. The van der Waals surface area contributed by atoms with Crippen LogP contribution in [0, 0.1) is 11.8 Å². The number of aliphatic hydroxyl groups excluding tert-OH is 1. The smallest absolute Gasteiger partial charge is 0.350 e. The Labute approximate surface area is 110 Å². The average Bonchev–Trinajstić information content (AvgIpc) is 2.38. The molecule has 0 bridgehead atoms. The molecule has 1 rings (SSSR count). The van der Waals surface area contributed by atoms with Gasteiger partial charge in [0.1, 0.15) is 0 Å². The molecular formula is C12H13F2NO3S. The summed E-state index contributed by atoms with van der Waals surface area (Å²) >= 11 is 0. The number of alkyl halides is 2. The molecule has 0 radical (unpaired) electrons. The fourth-order valence-corrected chi connectivity index (χ4v) is 1.73. The molecule has 0 unspecified atom stereocenters. The third-order valence-corrected chi connectivity index (χ3v) is 3.19. The summed E-state index contributed by atoms with van der Waals surface area (Å²) in [5.74, 6) is 1.98. The van der Waals surface area contributed by atoms with E-state index in [1.807, 2.05) is 4.72 Å². The minimum absolute atomic E-state index is 0.0762. The number of aliphatic hydroxyl groups is 1. The summed E-state index contributed by atoms with van der Waals surface area (Å²) in [7, 11) is -4.61. The summed E-state index contributed by atoms with van der Waals surface area (Å²) < 4.78 is 48.0. The lowest BCUT2D eigenvalue weighted by Gasteiger charge is -2.07. The maximum Gasteiger partial charge on any atom is 0.350 e. The van der Waals surface area contributed by atoms with Crippen molar-refractivity contribution in [1.29, 1.82) is 0 Å². The fourth-order valence-electron chi connectivity index (χ4n) is 1.25. The molecule has 7 heteroatoms. The van der Waals surface area contributed by atoms with Crippen molar-refractivity contribution in [3.8, 4) is 11.8 Å². The van der Waals surface area contributed by atoms with E-state index in [9.17, 15) is 17.2 Å². The van der Waals surface area contributed by atoms with Crippen LogP contribution < -0.4 is 4.72 Å². The van der Waals surface area contributed by atoms with Gasteiger partial charge in [-0.3, -0.25) is 0 Å². The average molecular weight is 289 g/mol. The maximum absolute atomic E-state index is 12.2. The Kier molecular flexibility index (Phi) is 5.89. The van der Waals surface area contributed by atoms with Gasteiger partial charge >= 0.3 is 5.76 Å². The first-order chi connectivity index (χ1) is 8.97. The Balaban J connectivity index is 2.83. The molecule has 0 amide bonds. The van der Waals surface area contributed by atoms with Crippen molar-refractivity contribution >= 4 is 10.0 Å². The van der Waals surface area contributed by atoms with Crippen LogP contribution in [0.3, 0.4) is 0 Å². The van der Waals surface area contributed by atoms with Crippen molar-refractivity contribution in [1.82, 2.24) is 4.72 Å². The molecule has 2 N–H and O–H groups in total. The Morgan fingerprint density at radius 1 is 1.32 bits per heavy atom. The van der Waals surface area contributed by atoms with E-state index in [0.717, 1.165) is 0 Å². The van der Waals surface area contributed by atoms with Crippen molar-refractivity contribution in [2.75, 3.05) is 6.61 Å². The summed E-state index contributed by atoms with van der Waals surface area (Å²) in [5.41, 5.74) is 1.03. The van der Waals surface area contributed by atoms with Gasteiger partial charge in [0.05, 0.1) is 6.61 Å². The summed E-state index contributed by atoms with van der Waals surface area (Å²) in [6.07, 6.45) is 0.289. The molecule has 0 saturated heterocycles. The normalized spacial score (nSPS) is 11.2. The monoisotopic (exact) mass is 289 g/mol. The zero-order chi connectivity index (χ0) is 14.3. The molecule has 104 valence electrons. The highest BCUT2D eigenvalue weighted by Crippen LogP contribution is 2.09. The Bertz CT molecular complexity index is 576. The summed E-state index contributed by atoms with van der Waals surface area (Å²) in [4.78, 5) is 0. The van der Waals surface area contributed by atoms with Gasteiger partial charge in [-0.05, 0) is 11.6 Å². The lowest BCUT2D eigenvalue weighted by molar-refractivity contribution is 0.232. The predicted octanol–water partition coefficient (Wildman–Crippen LogP) is 1.06. The van der Waals surface area contributed by atoms with E-state index < -0.39 is 15.8 Å². The van der Waals surface area contributed by atoms with Crippen molar-refractivity contribution in [2.45, 2.75) is 18.7 Å². The van der Waals surface area contributed by atoms with Crippen LogP contribution in [0.5, 0.6) is 0 Å². The van der Waals surface area contributed by atoms with Gasteiger partial charge < -0.3 is 5.11 Å². The lowest BCUT2D eigenvalue weighted by Crippen LogP contribution is -2.29. The highest BCUT2D eigenvalue weighted by atomic mass is 32.2. The van der Waals surface area contributed by atoms with Crippen molar-refractivity contribution < 1.29 is 22.3 Å². The molecule has 0 aromatic heterocycles. The van der Waals surface area contributed by atoms with Gasteiger partial charge in [0.2, 0.25) is 0 Å². The molecule has 0 aliphatic carbocycles. The fraction of sp³-hybridized carbons (Fsp3) is 0.333. The molecule has 19 heavy (non-hydrogen) atoms. The Morgan fingerprint density at radius 2 is 2.00 bits per heavy atom. The van der Waals surface area contributed by atoms with Crippen molar-refractivity contribution in [2.24, 2.45) is 0 Å². The highest BCUT2D eigenvalue weighted by Gasteiger charge is 2.23. The van der Waals surface area contributed by atoms with Gasteiger partial charge in [0.15, 0.2) is 0 Å². The van der Waals surface area contributed by atoms with Crippen molar-refractivity contribution in [3.05, 3.63) is 35.4 Å². The van der Waals surface area contributed by atoms with Crippen LogP contribution in [0.1, 0.15) is 17.5 Å². The zero-order valence-corrected chi connectivity index (χ0v) is 10.8. The summed E-state index contributed by atoms with van der Waals surface area (Å²) in [6.45, 7) is -0.330. The molecule has 1 aromatic carbocycles. The molecule has 0 fully saturated rings. The van der Waals surface area contributed by atoms with Crippen LogP contribution in [-0.2, 0) is 16.6 Å². The second kappa shape index (κ2) is 7.19. The van der Waals surface area contributed by atoms with E-state index in [2.05, 4.69) is 11.8 Å². The molecule has 0 atom stereocenters. The van der Waals surface area contributed by atoms with E-state index in [1.54, 1.807) is 24.3 Å². The zero-order valence-electron chi connectivity index (χ0n) is 9.94.